The van der Waals surface area contributed by atoms with Gasteiger partial charge in [-0.1, -0.05) is 30.3 Å². The highest BCUT2D eigenvalue weighted by atomic mass is 32.2. The number of aliphatic hydroxyl groups is 4. The summed E-state index contributed by atoms with van der Waals surface area (Å²) in [6.45, 7) is -0.267. The Morgan fingerprint density at radius 1 is 1.16 bits per heavy atom. The van der Waals surface area contributed by atoms with Crippen molar-refractivity contribution in [3.8, 4) is 0 Å². The summed E-state index contributed by atoms with van der Waals surface area (Å²) in [6.07, 6.45) is -5.58. The van der Waals surface area contributed by atoms with Crippen molar-refractivity contribution in [3.05, 3.63) is 35.9 Å². The summed E-state index contributed by atoms with van der Waals surface area (Å²) in [5.74, 6) is 0.384. The molecule has 1 aromatic rings. The van der Waals surface area contributed by atoms with E-state index in [4.69, 9.17) is 10.5 Å². The van der Waals surface area contributed by atoms with Gasteiger partial charge in [0.2, 0.25) is 11.8 Å². The lowest BCUT2D eigenvalue weighted by Crippen LogP contribution is -2.58. The summed E-state index contributed by atoms with van der Waals surface area (Å²) in [4.78, 5) is 30.2. The summed E-state index contributed by atoms with van der Waals surface area (Å²) >= 11 is 1.39. The Labute approximate surface area is 190 Å². The van der Waals surface area contributed by atoms with E-state index in [0.29, 0.717) is 18.6 Å². The zero-order valence-electron chi connectivity index (χ0n) is 17.5. The molecule has 0 saturated carbocycles. The molecule has 0 bridgehead atoms. The summed E-state index contributed by atoms with van der Waals surface area (Å²) in [7, 11) is 0. The second-order valence-electron chi connectivity index (χ2n) is 7.81. The molecular weight excluding hydrogens is 438 g/mol. The van der Waals surface area contributed by atoms with E-state index < -0.39 is 42.5 Å². The van der Waals surface area contributed by atoms with Crippen molar-refractivity contribution >= 4 is 29.4 Å². The standard InChI is InChI=1S/C21H29N3O7S/c22-15(23-20-19(29)18(28)17(27)13(11-25)31-20)7-4-8-32-14-9-16(26)24(21(14)30)10-12-5-2-1-3-6-12/h1-3,5-6,13-14,17-20,25,27-29H,4,7-11H2,(H2,22,23)/t13-,14?,17-,18+,19-,20-/m1/s1. The van der Waals surface area contributed by atoms with Crippen LogP contribution < -0.4 is 5.73 Å². The van der Waals surface area contributed by atoms with Gasteiger partial charge in [0.1, 0.15) is 24.4 Å². The lowest BCUT2D eigenvalue weighted by atomic mass is 9.98. The molecule has 176 valence electrons. The number of aliphatic imine (C=N–C) groups is 1. The van der Waals surface area contributed by atoms with Crippen LogP contribution in [0.1, 0.15) is 24.8 Å². The molecule has 2 fully saturated rings. The number of aliphatic hydroxyl groups excluding tert-OH is 4. The van der Waals surface area contributed by atoms with Gasteiger partial charge in [0.25, 0.3) is 0 Å². The maximum atomic E-state index is 12.6. The van der Waals surface area contributed by atoms with Crippen LogP contribution in [-0.4, -0.2) is 91.2 Å². The number of likely N-dealkylation sites (tertiary alicyclic amines) is 1. The third-order valence-corrected chi connectivity index (χ3v) is 6.74. The number of amides is 2. The Morgan fingerprint density at radius 3 is 2.56 bits per heavy atom. The van der Waals surface area contributed by atoms with Gasteiger partial charge in [-0.15, -0.1) is 11.8 Å². The highest BCUT2D eigenvalue weighted by molar-refractivity contribution is 8.00. The smallest absolute Gasteiger partial charge is 0.243 e. The first-order valence-corrected chi connectivity index (χ1v) is 11.5. The number of nitrogens with zero attached hydrogens (tertiary/aromatic N) is 2. The van der Waals surface area contributed by atoms with Gasteiger partial charge in [0, 0.05) is 12.8 Å². The first-order chi connectivity index (χ1) is 15.3. The van der Waals surface area contributed by atoms with Crippen molar-refractivity contribution in [3.63, 3.8) is 0 Å². The number of carbonyl (C=O) groups excluding carboxylic acids is 2. The van der Waals surface area contributed by atoms with Crippen molar-refractivity contribution in [1.29, 1.82) is 0 Å². The summed E-state index contributed by atoms with van der Waals surface area (Å²) in [6, 6.07) is 9.35. The highest BCUT2D eigenvalue weighted by Gasteiger charge is 2.43. The first kappa shape index (κ1) is 24.6. The third kappa shape index (κ3) is 5.85. The molecule has 11 heteroatoms. The Bertz CT molecular complexity index is 823. The van der Waals surface area contributed by atoms with E-state index in [-0.39, 0.29) is 30.6 Å². The van der Waals surface area contributed by atoms with Crippen LogP contribution in [0.5, 0.6) is 0 Å². The van der Waals surface area contributed by atoms with Crippen LogP contribution in [0.3, 0.4) is 0 Å². The number of imide groups is 1. The molecule has 2 aliphatic rings. The number of rotatable bonds is 9. The highest BCUT2D eigenvalue weighted by Crippen LogP contribution is 2.27. The Hall–Kier alpha value is -2.02. The summed E-state index contributed by atoms with van der Waals surface area (Å²) < 4.78 is 5.30. The average Bonchev–Trinajstić information content (AvgIpc) is 3.05. The summed E-state index contributed by atoms with van der Waals surface area (Å²) in [5.41, 5.74) is 6.80. The second kappa shape index (κ2) is 11.2. The van der Waals surface area contributed by atoms with E-state index in [9.17, 15) is 30.0 Å². The Morgan fingerprint density at radius 2 is 1.88 bits per heavy atom. The van der Waals surface area contributed by atoms with Crippen LogP contribution >= 0.6 is 11.8 Å². The third-order valence-electron chi connectivity index (χ3n) is 5.44. The predicted molar refractivity (Wildman–Crippen MR) is 117 cm³/mol. The van der Waals surface area contributed by atoms with Crippen LogP contribution in [0.2, 0.25) is 0 Å². The largest absolute Gasteiger partial charge is 0.394 e. The average molecular weight is 468 g/mol. The van der Waals surface area contributed by atoms with Crippen LogP contribution in [0, 0.1) is 0 Å². The molecule has 1 aromatic carbocycles. The van der Waals surface area contributed by atoms with Gasteiger partial charge >= 0.3 is 0 Å². The zero-order valence-corrected chi connectivity index (χ0v) is 18.3. The molecule has 0 aromatic heterocycles. The number of carbonyl (C=O) groups is 2. The predicted octanol–water partition coefficient (Wildman–Crippen LogP) is -1.02. The Balaban J connectivity index is 1.44. The number of hydrogen-bond acceptors (Lipinski definition) is 9. The lowest BCUT2D eigenvalue weighted by molar-refractivity contribution is -0.226. The van der Waals surface area contributed by atoms with E-state index in [1.165, 1.54) is 16.7 Å². The maximum Gasteiger partial charge on any atom is 0.243 e. The molecule has 0 radical (unpaired) electrons. The van der Waals surface area contributed by atoms with Gasteiger partial charge in [0.15, 0.2) is 6.23 Å². The molecule has 6 atom stereocenters. The van der Waals surface area contributed by atoms with Crippen LogP contribution in [0.15, 0.2) is 35.3 Å². The van der Waals surface area contributed by atoms with Crippen molar-refractivity contribution < 1.29 is 34.8 Å². The normalized spacial score (nSPS) is 31.4. The van der Waals surface area contributed by atoms with E-state index in [1.807, 2.05) is 30.3 Å². The molecular formula is C21H29N3O7S. The fraction of sp³-hybridized carbons (Fsp3) is 0.571. The summed E-state index contributed by atoms with van der Waals surface area (Å²) in [5, 5.41) is 38.4. The molecule has 0 spiro atoms. The first-order valence-electron chi connectivity index (χ1n) is 10.4. The van der Waals surface area contributed by atoms with E-state index >= 15 is 0 Å². The molecule has 0 aliphatic carbocycles. The fourth-order valence-electron chi connectivity index (χ4n) is 3.61. The molecule has 6 N–H and O–H groups in total. The van der Waals surface area contributed by atoms with Gasteiger partial charge in [-0.05, 0) is 17.7 Å². The number of hydrogen-bond donors (Lipinski definition) is 5. The second-order valence-corrected chi connectivity index (χ2v) is 9.12. The molecule has 32 heavy (non-hydrogen) atoms. The zero-order chi connectivity index (χ0) is 23.3. The maximum absolute atomic E-state index is 12.6. The SMILES string of the molecule is N/C(CCCSC1CC(=O)N(Cc2ccccc2)C1=O)=N\[C@@H]1O[C@H](CO)[C@@H](O)[C@H](O)[C@H]1O. The van der Waals surface area contributed by atoms with Crippen LogP contribution in [0.25, 0.3) is 0 Å². The lowest BCUT2D eigenvalue weighted by Gasteiger charge is -2.38. The molecule has 1 unspecified atom stereocenters. The number of ether oxygens (including phenoxy) is 1. The molecule has 10 nitrogen and oxygen atoms in total. The number of benzene rings is 1. The van der Waals surface area contributed by atoms with E-state index in [1.54, 1.807) is 0 Å². The fourth-order valence-corrected chi connectivity index (χ4v) is 4.74. The number of thioether (sulfide) groups is 1. The van der Waals surface area contributed by atoms with Crippen LogP contribution in [-0.2, 0) is 20.9 Å². The molecule has 2 heterocycles. The Kier molecular flexibility index (Phi) is 8.63. The van der Waals surface area contributed by atoms with Crippen molar-refractivity contribution in [2.75, 3.05) is 12.4 Å². The minimum atomic E-state index is -1.51. The quantitative estimate of drug-likeness (QED) is 0.132. The topological polar surface area (TPSA) is 166 Å². The van der Waals surface area contributed by atoms with Crippen LogP contribution in [0.4, 0.5) is 0 Å². The molecule has 3 rings (SSSR count). The van der Waals surface area contributed by atoms with Gasteiger partial charge in [0.05, 0.1) is 24.2 Å². The van der Waals surface area contributed by atoms with Crippen molar-refractivity contribution in [1.82, 2.24) is 4.90 Å². The monoisotopic (exact) mass is 467 g/mol. The van der Waals surface area contributed by atoms with Gasteiger partial charge in [-0.3, -0.25) is 14.5 Å². The van der Waals surface area contributed by atoms with Crippen molar-refractivity contribution in [2.24, 2.45) is 10.7 Å². The molecule has 2 saturated heterocycles. The van der Waals surface area contributed by atoms with Gasteiger partial charge < -0.3 is 30.9 Å². The van der Waals surface area contributed by atoms with Gasteiger partial charge in [-0.2, -0.15) is 0 Å². The van der Waals surface area contributed by atoms with Gasteiger partial charge in [-0.25, -0.2) is 4.99 Å². The minimum Gasteiger partial charge on any atom is -0.394 e. The van der Waals surface area contributed by atoms with Crippen molar-refractivity contribution in [2.45, 2.75) is 61.7 Å². The van der Waals surface area contributed by atoms with E-state index in [0.717, 1.165) is 5.56 Å². The minimum absolute atomic E-state index is 0.171. The molecule has 2 amide bonds. The molecule has 2 aliphatic heterocycles. The van der Waals surface area contributed by atoms with E-state index in [2.05, 4.69) is 4.99 Å². The number of nitrogens with two attached hydrogens (primary N) is 1. The number of amidine groups is 1.